The first-order chi connectivity index (χ1) is 14.7. The van der Waals surface area contributed by atoms with Crippen LogP contribution in [0.15, 0.2) is 39.9 Å². The Morgan fingerprint density at radius 1 is 1.29 bits per heavy atom. The van der Waals surface area contributed by atoms with Gasteiger partial charge in [-0.2, -0.15) is 0 Å². The van der Waals surface area contributed by atoms with Crippen molar-refractivity contribution in [3.8, 4) is 0 Å². The number of nitrogens with two attached hydrogens (primary N) is 1. The summed E-state index contributed by atoms with van der Waals surface area (Å²) in [5, 5.41) is 1.67. The van der Waals surface area contributed by atoms with E-state index in [2.05, 4.69) is 9.97 Å². The van der Waals surface area contributed by atoms with Crippen LogP contribution in [0.4, 0.5) is 11.5 Å². The zero-order valence-electron chi connectivity index (χ0n) is 17.8. The minimum atomic E-state index is -0.712. The van der Waals surface area contributed by atoms with E-state index in [1.54, 1.807) is 6.07 Å². The van der Waals surface area contributed by atoms with Gasteiger partial charge in [-0.1, -0.05) is 63.1 Å². The molecule has 3 N–H and O–H groups in total. The molecule has 0 aliphatic carbocycles. The molecule has 9 heteroatoms. The van der Waals surface area contributed by atoms with Crippen molar-refractivity contribution in [1.82, 2.24) is 14.5 Å². The van der Waals surface area contributed by atoms with Crippen LogP contribution in [-0.4, -0.2) is 27.0 Å². The van der Waals surface area contributed by atoms with Crippen LogP contribution in [0, 0.1) is 5.92 Å². The average Bonchev–Trinajstić information content (AvgIpc) is 2.72. The predicted octanol–water partition coefficient (Wildman–Crippen LogP) is 3.42. The molecule has 0 aliphatic heterocycles. The number of nitrogens with zero attached hydrogens (tertiary/aromatic N) is 3. The molecular formula is C22H26ClN5O3. The van der Waals surface area contributed by atoms with Crippen molar-refractivity contribution >= 4 is 39.8 Å². The summed E-state index contributed by atoms with van der Waals surface area (Å²) in [7, 11) is 0. The number of fused-ring (bicyclic) bond motifs is 1. The average molecular weight is 444 g/mol. The van der Waals surface area contributed by atoms with Crippen LogP contribution in [0.3, 0.4) is 0 Å². The van der Waals surface area contributed by atoms with E-state index in [1.165, 1.54) is 9.47 Å². The molecule has 0 bridgehead atoms. The smallest absolute Gasteiger partial charge is 0.330 e. The van der Waals surface area contributed by atoms with Crippen molar-refractivity contribution in [2.24, 2.45) is 5.92 Å². The van der Waals surface area contributed by atoms with E-state index in [9.17, 15) is 14.4 Å². The summed E-state index contributed by atoms with van der Waals surface area (Å²) in [6, 6.07) is 8.96. The number of anilines is 2. The van der Waals surface area contributed by atoms with Crippen LogP contribution in [0.5, 0.6) is 0 Å². The molecular weight excluding hydrogens is 418 g/mol. The fraction of sp³-hybridized carbons (Fsp3) is 0.364. The van der Waals surface area contributed by atoms with Gasteiger partial charge in [-0.3, -0.25) is 24.0 Å². The zero-order valence-corrected chi connectivity index (χ0v) is 18.6. The number of hydrogen-bond donors (Lipinski definition) is 2. The number of pyridine rings is 1. The number of benzene rings is 1. The lowest BCUT2D eigenvalue weighted by Crippen LogP contribution is -2.43. The number of nitrogens with one attached hydrogen (secondary N) is 1. The Morgan fingerprint density at radius 2 is 2.00 bits per heavy atom. The van der Waals surface area contributed by atoms with Gasteiger partial charge in [0.05, 0.1) is 0 Å². The highest BCUT2D eigenvalue weighted by Crippen LogP contribution is 2.25. The molecule has 3 aromatic rings. The van der Waals surface area contributed by atoms with E-state index in [-0.39, 0.29) is 34.8 Å². The molecule has 0 radical (unpaired) electrons. The Kier molecular flexibility index (Phi) is 6.80. The molecule has 2 aromatic heterocycles. The van der Waals surface area contributed by atoms with Gasteiger partial charge < -0.3 is 5.73 Å². The molecule has 31 heavy (non-hydrogen) atoms. The fourth-order valence-corrected chi connectivity index (χ4v) is 3.68. The zero-order chi connectivity index (χ0) is 22.7. The Labute approximate surface area is 184 Å². The summed E-state index contributed by atoms with van der Waals surface area (Å²) in [5.41, 5.74) is 4.97. The Balaban J connectivity index is 2.16. The highest BCUT2D eigenvalue weighted by atomic mass is 35.5. The van der Waals surface area contributed by atoms with Gasteiger partial charge in [0.2, 0.25) is 0 Å². The highest BCUT2D eigenvalue weighted by Gasteiger charge is 2.27. The Hall–Kier alpha value is -3.13. The molecule has 0 atom stereocenters. The van der Waals surface area contributed by atoms with Crippen molar-refractivity contribution in [3.05, 3.63) is 62.0 Å². The number of rotatable bonds is 7. The predicted molar refractivity (Wildman–Crippen MR) is 124 cm³/mol. The van der Waals surface area contributed by atoms with E-state index in [0.717, 1.165) is 17.2 Å². The molecule has 0 fully saturated rings. The Bertz CT molecular complexity index is 1230. The van der Waals surface area contributed by atoms with E-state index in [0.29, 0.717) is 13.0 Å². The van der Waals surface area contributed by atoms with Gasteiger partial charge >= 0.3 is 5.69 Å². The summed E-state index contributed by atoms with van der Waals surface area (Å²) in [4.78, 5) is 46.4. The Morgan fingerprint density at radius 3 is 2.68 bits per heavy atom. The first-order valence-corrected chi connectivity index (χ1v) is 10.6. The lowest BCUT2D eigenvalue weighted by Gasteiger charge is -2.26. The number of aromatic nitrogens is 3. The second-order valence-corrected chi connectivity index (χ2v) is 8.19. The molecule has 1 aromatic carbocycles. The minimum absolute atomic E-state index is 0.0229. The number of halogens is 1. The molecule has 0 saturated carbocycles. The van der Waals surface area contributed by atoms with Crippen molar-refractivity contribution in [2.45, 2.75) is 40.2 Å². The van der Waals surface area contributed by atoms with Gasteiger partial charge in [0.25, 0.3) is 11.5 Å². The van der Waals surface area contributed by atoms with Crippen molar-refractivity contribution in [3.63, 3.8) is 0 Å². The number of aromatic amines is 1. The molecule has 164 valence electrons. The topological polar surface area (TPSA) is 114 Å². The molecule has 0 unspecified atom stereocenters. The first-order valence-electron chi connectivity index (χ1n) is 10.2. The largest absolute Gasteiger partial charge is 0.383 e. The van der Waals surface area contributed by atoms with E-state index >= 15 is 0 Å². The number of hydrogen-bond acceptors (Lipinski definition) is 5. The molecule has 0 spiro atoms. The van der Waals surface area contributed by atoms with Crippen LogP contribution in [0.25, 0.3) is 10.8 Å². The van der Waals surface area contributed by atoms with Gasteiger partial charge in [-0.15, -0.1) is 0 Å². The molecule has 2 heterocycles. The number of H-pyrrole nitrogens is 1. The number of carbonyl (C=O) groups excluding carboxylic acids is 1. The summed E-state index contributed by atoms with van der Waals surface area (Å²) in [6.45, 7) is 6.37. The standard InChI is InChI=1S/C22H26ClN5O3/c1-4-5-10-27-19(24)17(20(29)26-22(27)31)28(12-13(2)3)21(30)16-11-14-8-6-7-9-15(14)18(23)25-16/h6-9,11,13H,4-5,10,12,24H2,1-3H3,(H,26,29,31). The summed E-state index contributed by atoms with van der Waals surface area (Å²) in [6.07, 6.45) is 1.55. The maximum Gasteiger partial charge on any atom is 0.330 e. The van der Waals surface area contributed by atoms with E-state index < -0.39 is 17.2 Å². The van der Waals surface area contributed by atoms with Gasteiger partial charge in [-0.25, -0.2) is 9.78 Å². The second kappa shape index (κ2) is 9.34. The van der Waals surface area contributed by atoms with Crippen LogP contribution in [-0.2, 0) is 6.54 Å². The third kappa shape index (κ3) is 4.64. The molecule has 0 aliphatic rings. The highest BCUT2D eigenvalue weighted by molar-refractivity contribution is 6.34. The van der Waals surface area contributed by atoms with Crippen LogP contribution >= 0.6 is 11.6 Å². The number of amides is 1. The van der Waals surface area contributed by atoms with Gasteiger partial charge in [0, 0.05) is 18.5 Å². The van der Waals surface area contributed by atoms with Crippen LogP contribution in [0.1, 0.15) is 44.1 Å². The fourth-order valence-electron chi connectivity index (χ4n) is 3.42. The van der Waals surface area contributed by atoms with Gasteiger partial charge in [-0.05, 0) is 23.8 Å². The third-order valence-corrected chi connectivity index (χ3v) is 5.21. The molecule has 8 nitrogen and oxygen atoms in total. The number of unbranched alkanes of at least 4 members (excludes halogenated alkanes) is 1. The van der Waals surface area contributed by atoms with Crippen molar-refractivity contribution in [1.29, 1.82) is 0 Å². The lowest BCUT2D eigenvalue weighted by molar-refractivity contribution is 0.0979. The molecule has 0 saturated heterocycles. The minimum Gasteiger partial charge on any atom is -0.383 e. The van der Waals surface area contributed by atoms with E-state index in [1.807, 2.05) is 45.0 Å². The summed E-state index contributed by atoms with van der Waals surface area (Å²) in [5.74, 6) is -0.531. The van der Waals surface area contributed by atoms with Crippen LogP contribution in [0.2, 0.25) is 5.15 Å². The van der Waals surface area contributed by atoms with Crippen molar-refractivity contribution < 1.29 is 4.79 Å². The summed E-state index contributed by atoms with van der Waals surface area (Å²) >= 11 is 6.31. The molecule has 1 amide bonds. The van der Waals surface area contributed by atoms with Crippen molar-refractivity contribution in [2.75, 3.05) is 17.2 Å². The maximum atomic E-state index is 13.5. The third-order valence-electron chi connectivity index (χ3n) is 4.93. The van der Waals surface area contributed by atoms with Gasteiger partial charge in [0.1, 0.15) is 16.7 Å². The quantitative estimate of drug-likeness (QED) is 0.543. The summed E-state index contributed by atoms with van der Waals surface area (Å²) < 4.78 is 1.29. The normalized spacial score (nSPS) is 11.3. The monoisotopic (exact) mass is 443 g/mol. The maximum absolute atomic E-state index is 13.5. The van der Waals surface area contributed by atoms with Crippen LogP contribution < -0.4 is 21.9 Å². The first kappa shape index (κ1) is 22.6. The van der Waals surface area contributed by atoms with E-state index in [4.69, 9.17) is 17.3 Å². The number of carbonyl (C=O) groups is 1. The lowest BCUT2D eigenvalue weighted by atomic mass is 10.1. The van der Waals surface area contributed by atoms with Gasteiger partial charge in [0.15, 0.2) is 5.69 Å². The number of nitrogen functional groups attached to an aromatic ring is 1. The second-order valence-electron chi connectivity index (χ2n) is 7.83. The molecule has 3 rings (SSSR count). The SMILES string of the molecule is CCCCn1c(N)c(N(CC(C)C)C(=O)c2cc3ccccc3c(Cl)n2)c(=O)[nH]c1=O.